The lowest BCUT2D eigenvalue weighted by Crippen LogP contribution is -2.38. The fourth-order valence-corrected chi connectivity index (χ4v) is 3.04. The zero-order valence-corrected chi connectivity index (χ0v) is 12.7. The van der Waals surface area contributed by atoms with Crippen molar-refractivity contribution < 1.29 is 4.79 Å². The minimum atomic E-state index is -0.144. The van der Waals surface area contributed by atoms with Crippen molar-refractivity contribution in [2.75, 3.05) is 13.1 Å². The first-order valence-electron chi connectivity index (χ1n) is 6.74. The number of H-pyrrole nitrogens is 1. The number of carbonyl (C=O) groups excluding carboxylic acids is 1. The molecule has 0 aromatic carbocycles. The molecule has 2 aromatic heterocycles. The quantitative estimate of drug-likeness (QED) is 0.923. The predicted octanol–water partition coefficient (Wildman–Crippen LogP) is 3.13. The molecular weight excluding hydrogens is 311 g/mol. The average Bonchev–Trinajstić information content (AvgIpc) is 3.01. The summed E-state index contributed by atoms with van der Waals surface area (Å²) in [6.45, 7) is 1.34. The molecule has 0 saturated carbocycles. The van der Waals surface area contributed by atoms with E-state index in [2.05, 4.69) is 15.0 Å². The van der Waals surface area contributed by atoms with E-state index in [0.717, 1.165) is 18.7 Å². The van der Waals surface area contributed by atoms with Crippen LogP contribution in [0.25, 0.3) is 0 Å². The number of hydrogen-bond donors (Lipinski definition) is 1. The molecule has 1 aliphatic rings. The molecule has 1 amide bonds. The zero-order valence-electron chi connectivity index (χ0n) is 11.2. The Kier molecular flexibility index (Phi) is 4.12. The summed E-state index contributed by atoms with van der Waals surface area (Å²) >= 11 is 11.8. The monoisotopic (exact) mass is 324 g/mol. The number of pyridine rings is 1. The summed E-state index contributed by atoms with van der Waals surface area (Å²) < 4.78 is 0. The number of aromatic amines is 1. The van der Waals surface area contributed by atoms with Gasteiger partial charge in [0.2, 0.25) is 0 Å². The highest BCUT2D eigenvalue weighted by Crippen LogP contribution is 2.27. The molecule has 0 atom stereocenters. The molecule has 0 aliphatic carbocycles. The van der Waals surface area contributed by atoms with Gasteiger partial charge in [-0.3, -0.25) is 4.79 Å². The summed E-state index contributed by atoms with van der Waals surface area (Å²) in [4.78, 5) is 25.7. The molecule has 5 nitrogen and oxygen atoms in total. The molecular formula is C14H14Cl2N4O. The minimum absolute atomic E-state index is 0.144. The maximum atomic E-state index is 12.4. The van der Waals surface area contributed by atoms with Crippen molar-refractivity contribution in [3.8, 4) is 0 Å². The topological polar surface area (TPSA) is 61.9 Å². The van der Waals surface area contributed by atoms with E-state index >= 15 is 0 Å². The van der Waals surface area contributed by atoms with E-state index < -0.39 is 0 Å². The van der Waals surface area contributed by atoms with Crippen LogP contribution in [0.1, 0.15) is 35.1 Å². The number of hydrogen-bond acceptors (Lipinski definition) is 3. The van der Waals surface area contributed by atoms with E-state index in [4.69, 9.17) is 23.2 Å². The Morgan fingerprint density at radius 1 is 1.29 bits per heavy atom. The van der Waals surface area contributed by atoms with Gasteiger partial charge < -0.3 is 9.88 Å². The average molecular weight is 325 g/mol. The number of aromatic nitrogens is 3. The first-order chi connectivity index (χ1) is 10.1. The van der Waals surface area contributed by atoms with Crippen molar-refractivity contribution in [3.05, 3.63) is 46.2 Å². The Morgan fingerprint density at radius 2 is 2.05 bits per heavy atom. The molecule has 1 N–H and O–H groups in total. The van der Waals surface area contributed by atoms with Crippen molar-refractivity contribution in [2.45, 2.75) is 18.8 Å². The number of piperidine rings is 1. The number of likely N-dealkylation sites (tertiary alicyclic amines) is 1. The van der Waals surface area contributed by atoms with Gasteiger partial charge in [0.1, 0.15) is 11.5 Å². The molecule has 1 fully saturated rings. The summed E-state index contributed by atoms with van der Waals surface area (Å²) in [5, 5.41) is 0.716. The SMILES string of the molecule is O=C(c1ncc(Cl)cc1Cl)N1CCC(c2ncc[nH]2)CC1. The maximum absolute atomic E-state index is 12.4. The lowest BCUT2D eigenvalue weighted by molar-refractivity contribution is 0.0705. The molecule has 3 rings (SSSR count). The Bertz CT molecular complexity index is 636. The molecule has 110 valence electrons. The van der Waals surface area contributed by atoms with Gasteiger partial charge in [0.15, 0.2) is 0 Å². The van der Waals surface area contributed by atoms with E-state index in [-0.39, 0.29) is 11.6 Å². The highest BCUT2D eigenvalue weighted by Gasteiger charge is 2.27. The van der Waals surface area contributed by atoms with Gasteiger partial charge in [0, 0.05) is 37.6 Å². The number of nitrogens with one attached hydrogen (secondary N) is 1. The largest absolute Gasteiger partial charge is 0.348 e. The Balaban J connectivity index is 1.67. The second kappa shape index (κ2) is 6.03. The fourth-order valence-electron chi connectivity index (χ4n) is 2.58. The summed E-state index contributed by atoms with van der Waals surface area (Å²) in [5.74, 6) is 1.22. The van der Waals surface area contributed by atoms with Crippen molar-refractivity contribution in [3.63, 3.8) is 0 Å². The molecule has 0 spiro atoms. The first kappa shape index (κ1) is 14.4. The third-order valence-electron chi connectivity index (χ3n) is 3.70. The van der Waals surface area contributed by atoms with Gasteiger partial charge in [0.25, 0.3) is 5.91 Å². The Hall–Kier alpha value is -1.59. The summed E-state index contributed by atoms with van der Waals surface area (Å²) in [6.07, 6.45) is 6.78. The molecule has 0 bridgehead atoms. The highest BCUT2D eigenvalue weighted by molar-refractivity contribution is 6.36. The number of imidazole rings is 1. The van der Waals surface area contributed by atoms with E-state index in [9.17, 15) is 4.79 Å². The van der Waals surface area contributed by atoms with Gasteiger partial charge in [0.05, 0.1) is 10.0 Å². The Labute approximate surface area is 132 Å². The molecule has 0 unspecified atom stereocenters. The van der Waals surface area contributed by atoms with Crippen molar-refractivity contribution >= 4 is 29.1 Å². The molecule has 7 heteroatoms. The summed E-state index contributed by atoms with van der Waals surface area (Å²) in [6, 6.07) is 1.54. The zero-order chi connectivity index (χ0) is 14.8. The van der Waals surface area contributed by atoms with Crippen LogP contribution in [0.4, 0.5) is 0 Å². The van der Waals surface area contributed by atoms with Crippen molar-refractivity contribution in [2.24, 2.45) is 0 Å². The molecule has 21 heavy (non-hydrogen) atoms. The molecule has 2 aromatic rings. The Morgan fingerprint density at radius 3 is 2.67 bits per heavy atom. The smallest absolute Gasteiger partial charge is 0.273 e. The van der Waals surface area contributed by atoms with Crippen LogP contribution in [0.3, 0.4) is 0 Å². The second-order valence-corrected chi connectivity index (χ2v) is 5.87. The maximum Gasteiger partial charge on any atom is 0.273 e. The van der Waals surface area contributed by atoms with Gasteiger partial charge in [-0.2, -0.15) is 0 Å². The van der Waals surface area contributed by atoms with Crippen LogP contribution in [-0.2, 0) is 0 Å². The predicted molar refractivity (Wildman–Crippen MR) is 80.7 cm³/mol. The van der Waals surface area contributed by atoms with Crippen molar-refractivity contribution in [1.82, 2.24) is 19.9 Å². The van der Waals surface area contributed by atoms with E-state index in [0.29, 0.717) is 29.1 Å². The second-order valence-electron chi connectivity index (χ2n) is 5.02. The third kappa shape index (κ3) is 3.04. The van der Waals surface area contributed by atoms with Crippen molar-refractivity contribution in [1.29, 1.82) is 0 Å². The van der Waals surface area contributed by atoms with Crippen LogP contribution in [0.15, 0.2) is 24.7 Å². The third-order valence-corrected chi connectivity index (χ3v) is 4.19. The van der Waals surface area contributed by atoms with Crippen LogP contribution < -0.4 is 0 Å². The molecule has 1 aliphatic heterocycles. The lowest BCUT2D eigenvalue weighted by Gasteiger charge is -2.31. The highest BCUT2D eigenvalue weighted by atomic mass is 35.5. The van der Waals surface area contributed by atoms with Crippen LogP contribution in [0, 0.1) is 0 Å². The van der Waals surface area contributed by atoms with Crippen LogP contribution in [-0.4, -0.2) is 38.8 Å². The molecule has 3 heterocycles. The van der Waals surface area contributed by atoms with Crippen LogP contribution in [0.5, 0.6) is 0 Å². The number of halogens is 2. The van der Waals surface area contributed by atoms with Gasteiger partial charge in [-0.25, -0.2) is 9.97 Å². The first-order valence-corrected chi connectivity index (χ1v) is 7.50. The van der Waals surface area contributed by atoms with Crippen LogP contribution >= 0.6 is 23.2 Å². The van der Waals surface area contributed by atoms with E-state index in [1.165, 1.54) is 6.20 Å². The molecule has 0 radical (unpaired) electrons. The molecule has 1 saturated heterocycles. The summed E-state index contributed by atoms with van der Waals surface area (Å²) in [7, 11) is 0. The number of amides is 1. The minimum Gasteiger partial charge on any atom is -0.348 e. The van der Waals surface area contributed by atoms with E-state index in [1.807, 2.05) is 6.20 Å². The number of nitrogens with zero attached hydrogens (tertiary/aromatic N) is 3. The van der Waals surface area contributed by atoms with Gasteiger partial charge in [-0.15, -0.1) is 0 Å². The van der Waals surface area contributed by atoms with Crippen LogP contribution in [0.2, 0.25) is 10.0 Å². The van der Waals surface area contributed by atoms with Gasteiger partial charge in [-0.1, -0.05) is 23.2 Å². The summed E-state index contributed by atoms with van der Waals surface area (Å²) in [5.41, 5.74) is 0.262. The fraction of sp³-hybridized carbons (Fsp3) is 0.357. The number of carbonyl (C=O) groups is 1. The van der Waals surface area contributed by atoms with E-state index in [1.54, 1.807) is 17.2 Å². The normalized spacial score (nSPS) is 16.2. The standard InChI is InChI=1S/C14H14Cl2N4O/c15-10-7-11(16)12(19-8-10)14(21)20-5-1-9(2-6-20)13-17-3-4-18-13/h3-4,7-9H,1-2,5-6H2,(H,17,18). The van der Waals surface area contributed by atoms with Gasteiger partial charge >= 0.3 is 0 Å². The lowest BCUT2D eigenvalue weighted by atomic mass is 9.96. The van der Waals surface area contributed by atoms with Gasteiger partial charge in [-0.05, 0) is 18.9 Å². The number of rotatable bonds is 2.